The molecule has 1 fully saturated rings. The molecule has 1 saturated heterocycles. The average Bonchev–Trinajstić information content (AvgIpc) is 3.16. The molecule has 0 atom stereocenters. The van der Waals surface area contributed by atoms with Crippen molar-refractivity contribution in [3.63, 3.8) is 0 Å². The number of halogens is 1. The molecule has 2 heterocycles. The van der Waals surface area contributed by atoms with E-state index in [-0.39, 0.29) is 36.0 Å². The van der Waals surface area contributed by atoms with E-state index in [1.54, 1.807) is 30.1 Å². The van der Waals surface area contributed by atoms with Crippen LogP contribution < -0.4 is 10.1 Å². The van der Waals surface area contributed by atoms with E-state index in [0.29, 0.717) is 61.8 Å². The van der Waals surface area contributed by atoms with Gasteiger partial charge < -0.3 is 29.7 Å². The Morgan fingerprint density at radius 1 is 1.12 bits per heavy atom. The Kier molecular flexibility index (Phi) is 9.88. The van der Waals surface area contributed by atoms with Crippen molar-refractivity contribution in [1.29, 1.82) is 0 Å². The summed E-state index contributed by atoms with van der Waals surface area (Å²) in [4.78, 5) is 57.7. The van der Waals surface area contributed by atoms with Crippen LogP contribution in [0.4, 0.5) is 10.5 Å². The molecule has 2 aromatic rings. The third kappa shape index (κ3) is 6.82. The molecule has 2 aliphatic rings. The molecule has 2 aliphatic heterocycles. The number of anilines is 1. The lowest BCUT2D eigenvalue weighted by Crippen LogP contribution is -2.51. The van der Waals surface area contributed by atoms with Gasteiger partial charge in [0.2, 0.25) is 12.3 Å². The van der Waals surface area contributed by atoms with Crippen LogP contribution in [0, 0.1) is 0 Å². The molecule has 11 heteroatoms. The number of urea groups is 1. The number of benzene rings is 2. The van der Waals surface area contributed by atoms with Gasteiger partial charge in [0.05, 0.1) is 17.7 Å². The molecule has 41 heavy (non-hydrogen) atoms. The summed E-state index contributed by atoms with van der Waals surface area (Å²) < 4.78 is 5.45. The highest BCUT2D eigenvalue weighted by Crippen LogP contribution is 2.34. The van der Waals surface area contributed by atoms with Gasteiger partial charge in [-0.3, -0.25) is 14.4 Å². The quantitative estimate of drug-likeness (QED) is 0.359. The molecule has 0 bridgehead atoms. The minimum absolute atomic E-state index is 0.0135. The second-order valence-electron chi connectivity index (χ2n) is 10.1. The van der Waals surface area contributed by atoms with E-state index in [2.05, 4.69) is 5.32 Å². The number of nitrogens with zero attached hydrogens (tertiary/aromatic N) is 4. The summed E-state index contributed by atoms with van der Waals surface area (Å²) >= 11 is 6.31. The first-order valence-electron chi connectivity index (χ1n) is 13.7. The van der Waals surface area contributed by atoms with Crippen molar-refractivity contribution in [2.45, 2.75) is 32.2 Å². The van der Waals surface area contributed by atoms with Gasteiger partial charge in [0, 0.05) is 56.7 Å². The van der Waals surface area contributed by atoms with Crippen molar-refractivity contribution in [2.24, 2.45) is 0 Å². The van der Waals surface area contributed by atoms with Gasteiger partial charge in [0.15, 0.2) is 0 Å². The van der Waals surface area contributed by atoms with Gasteiger partial charge in [-0.25, -0.2) is 4.79 Å². The number of carbonyl (C=O) groups excluding carboxylic acids is 4. The highest BCUT2D eigenvalue weighted by molar-refractivity contribution is 6.33. The van der Waals surface area contributed by atoms with Crippen LogP contribution >= 0.6 is 11.6 Å². The summed E-state index contributed by atoms with van der Waals surface area (Å²) in [5.41, 5.74) is 2.55. The van der Waals surface area contributed by atoms with Crippen LogP contribution in [-0.4, -0.2) is 96.8 Å². The summed E-state index contributed by atoms with van der Waals surface area (Å²) in [6.45, 7) is 3.58. The Hall–Kier alpha value is -4.05. The van der Waals surface area contributed by atoms with Crippen molar-refractivity contribution in [2.75, 3.05) is 52.2 Å². The van der Waals surface area contributed by atoms with E-state index in [0.717, 1.165) is 17.7 Å². The lowest BCUT2D eigenvalue weighted by atomic mass is 10.0. The van der Waals surface area contributed by atoms with Crippen LogP contribution in [0.5, 0.6) is 5.75 Å². The van der Waals surface area contributed by atoms with Crippen LogP contribution in [0.15, 0.2) is 48.7 Å². The van der Waals surface area contributed by atoms with Crippen LogP contribution in [0.2, 0.25) is 5.02 Å². The lowest BCUT2D eigenvalue weighted by molar-refractivity contribution is -0.135. The van der Waals surface area contributed by atoms with Crippen molar-refractivity contribution >= 4 is 47.1 Å². The largest absolute Gasteiger partial charge is 0.495 e. The third-order valence-electron chi connectivity index (χ3n) is 7.66. The van der Waals surface area contributed by atoms with E-state index in [4.69, 9.17) is 16.3 Å². The normalized spacial score (nSPS) is 15.9. The Morgan fingerprint density at radius 2 is 1.85 bits per heavy atom. The van der Waals surface area contributed by atoms with E-state index in [9.17, 15) is 19.2 Å². The second-order valence-corrected chi connectivity index (χ2v) is 10.5. The van der Waals surface area contributed by atoms with Gasteiger partial charge in [-0.05, 0) is 43.9 Å². The van der Waals surface area contributed by atoms with E-state index in [1.165, 1.54) is 23.1 Å². The topological polar surface area (TPSA) is 103 Å². The number of carbonyl (C=O) groups is 4. The van der Waals surface area contributed by atoms with Gasteiger partial charge in [0.1, 0.15) is 12.3 Å². The standard InChI is InChI=1S/C30H36ClN5O5/c1-4-33(2)29(39)24(23-9-7-10-25(31)28(23)41-3)18-34(20-37)19-27(38)35-15-13-22(14-16-35)36-17-12-21-8-5-6-11-26(21)32-30(36)40/h5-11,18,20,22H,4,12-17,19H2,1-3H3,(H,32,40)/b24-18-. The van der Waals surface area contributed by atoms with Crippen molar-refractivity contribution in [3.8, 4) is 5.75 Å². The molecule has 0 aliphatic carbocycles. The Bertz CT molecular complexity index is 1320. The summed E-state index contributed by atoms with van der Waals surface area (Å²) in [6.07, 6.45) is 3.94. The molecule has 0 spiro atoms. The summed E-state index contributed by atoms with van der Waals surface area (Å²) in [6, 6.07) is 12.7. The number of rotatable bonds is 9. The number of likely N-dealkylation sites (tertiary alicyclic amines) is 1. The van der Waals surface area contributed by atoms with Crippen molar-refractivity contribution in [3.05, 3.63) is 64.8 Å². The Morgan fingerprint density at radius 3 is 2.54 bits per heavy atom. The van der Waals surface area contributed by atoms with Crippen LogP contribution in [0.3, 0.4) is 0 Å². The number of para-hydroxylation sites is 2. The Labute approximate surface area is 245 Å². The molecule has 0 aromatic heterocycles. The van der Waals surface area contributed by atoms with Crippen LogP contribution in [0.25, 0.3) is 5.57 Å². The fourth-order valence-corrected chi connectivity index (χ4v) is 5.47. The van der Waals surface area contributed by atoms with Gasteiger partial charge in [-0.2, -0.15) is 0 Å². The maximum atomic E-state index is 13.3. The van der Waals surface area contributed by atoms with E-state index in [1.807, 2.05) is 36.1 Å². The molecule has 218 valence electrons. The zero-order chi connectivity index (χ0) is 29.5. The number of fused-ring (bicyclic) bond motifs is 1. The number of piperidine rings is 1. The van der Waals surface area contributed by atoms with Crippen molar-refractivity contribution in [1.82, 2.24) is 19.6 Å². The minimum Gasteiger partial charge on any atom is -0.495 e. The number of amides is 5. The molecule has 0 radical (unpaired) electrons. The molecular formula is C30H36ClN5O5. The number of nitrogens with one attached hydrogen (secondary N) is 1. The monoisotopic (exact) mass is 581 g/mol. The predicted octanol–water partition coefficient (Wildman–Crippen LogP) is 3.71. The zero-order valence-electron chi connectivity index (χ0n) is 23.6. The zero-order valence-corrected chi connectivity index (χ0v) is 24.4. The van der Waals surface area contributed by atoms with Crippen LogP contribution in [0.1, 0.15) is 30.9 Å². The van der Waals surface area contributed by atoms with E-state index >= 15 is 0 Å². The summed E-state index contributed by atoms with van der Waals surface area (Å²) in [5, 5.41) is 3.33. The highest BCUT2D eigenvalue weighted by atomic mass is 35.5. The number of likely N-dealkylation sites (N-methyl/N-ethyl adjacent to an activating group) is 1. The first-order valence-corrected chi connectivity index (χ1v) is 14.1. The number of hydrogen-bond donors (Lipinski definition) is 1. The van der Waals surface area contributed by atoms with Crippen molar-refractivity contribution < 1.29 is 23.9 Å². The molecule has 2 aromatic carbocycles. The fraction of sp³-hybridized carbons (Fsp3) is 0.400. The predicted molar refractivity (Wildman–Crippen MR) is 158 cm³/mol. The third-order valence-corrected chi connectivity index (χ3v) is 7.96. The molecule has 4 rings (SSSR count). The van der Waals surface area contributed by atoms with Crippen LogP contribution in [-0.2, 0) is 20.8 Å². The number of hydrogen-bond acceptors (Lipinski definition) is 5. The Balaban J connectivity index is 1.44. The molecular weight excluding hydrogens is 546 g/mol. The first kappa shape index (κ1) is 29.9. The van der Waals surface area contributed by atoms with E-state index < -0.39 is 0 Å². The number of ether oxygens (including phenoxy) is 1. The average molecular weight is 582 g/mol. The highest BCUT2D eigenvalue weighted by Gasteiger charge is 2.32. The smallest absolute Gasteiger partial charge is 0.322 e. The minimum atomic E-state index is -0.342. The lowest BCUT2D eigenvalue weighted by Gasteiger charge is -2.38. The fourth-order valence-electron chi connectivity index (χ4n) is 5.22. The molecule has 1 N–H and O–H groups in total. The number of methoxy groups -OCH3 is 1. The summed E-state index contributed by atoms with van der Waals surface area (Å²) in [5.74, 6) is -0.280. The molecule has 0 saturated carbocycles. The molecule has 5 amide bonds. The maximum absolute atomic E-state index is 13.3. The van der Waals surface area contributed by atoms with Gasteiger partial charge in [-0.1, -0.05) is 41.9 Å². The first-order chi connectivity index (χ1) is 19.8. The second kappa shape index (κ2) is 13.5. The van der Waals surface area contributed by atoms with Gasteiger partial charge in [0.25, 0.3) is 5.91 Å². The molecule has 0 unspecified atom stereocenters. The maximum Gasteiger partial charge on any atom is 0.322 e. The van der Waals surface area contributed by atoms with Gasteiger partial charge >= 0.3 is 6.03 Å². The SMILES string of the molecule is CCN(C)C(=O)/C(=C\N(C=O)CC(=O)N1CCC(N2CCc3ccccc3NC2=O)CC1)c1cccc(Cl)c1OC. The molecule has 10 nitrogen and oxygen atoms in total. The summed E-state index contributed by atoms with van der Waals surface area (Å²) in [7, 11) is 3.10. The van der Waals surface area contributed by atoms with Gasteiger partial charge in [-0.15, -0.1) is 0 Å².